The Bertz CT molecular complexity index is 799. The Balaban J connectivity index is 1.61. The van der Waals surface area contributed by atoms with Crippen molar-refractivity contribution in [3.05, 3.63) is 58.1 Å². The standard InChI is InChI=1S/C20H21Cl2NO4/c1-2-25-18-5-3-4-6-19(18)27-13-15-12-23(9-10-26-15)20(24)14-7-8-16(21)17(22)11-14/h3-8,11,15H,2,9-10,12-13H2,1H3/t15-/m0/s1. The van der Waals surface area contributed by atoms with Gasteiger partial charge in [-0.2, -0.15) is 0 Å². The number of hydrogen-bond acceptors (Lipinski definition) is 4. The zero-order valence-electron chi connectivity index (χ0n) is 15.0. The fourth-order valence-electron chi connectivity index (χ4n) is 2.84. The van der Waals surface area contributed by atoms with E-state index in [1.807, 2.05) is 31.2 Å². The predicted molar refractivity (Wildman–Crippen MR) is 105 cm³/mol. The van der Waals surface area contributed by atoms with E-state index >= 15 is 0 Å². The zero-order chi connectivity index (χ0) is 19.2. The minimum absolute atomic E-state index is 0.100. The molecule has 5 nitrogen and oxygen atoms in total. The topological polar surface area (TPSA) is 48.0 Å². The van der Waals surface area contributed by atoms with Gasteiger partial charge in [-0.05, 0) is 37.3 Å². The summed E-state index contributed by atoms with van der Waals surface area (Å²) in [7, 11) is 0. The zero-order valence-corrected chi connectivity index (χ0v) is 16.5. The Hall–Kier alpha value is -1.95. The highest BCUT2D eigenvalue weighted by Gasteiger charge is 2.26. The third kappa shape index (κ3) is 5.06. The van der Waals surface area contributed by atoms with E-state index in [0.717, 1.165) is 0 Å². The van der Waals surface area contributed by atoms with Crippen LogP contribution in [-0.4, -0.2) is 49.8 Å². The number of ether oxygens (including phenoxy) is 3. The molecule has 0 N–H and O–H groups in total. The van der Waals surface area contributed by atoms with Crippen molar-refractivity contribution >= 4 is 29.1 Å². The first kappa shape index (κ1) is 19.8. The fourth-order valence-corrected chi connectivity index (χ4v) is 3.14. The maximum absolute atomic E-state index is 12.7. The van der Waals surface area contributed by atoms with Crippen molar-refractivity contribution in [1.29, 1.82) is 0 Å². The number of carbonyl (C=O) groups is 1. The van der Waals surface area contributed by atoms with Crippen LogP contribution in [0.1, 0.15) is 17.3 Å². The second-order valence-electron chi connectivity index (χ2n) is 6.06. The molecule has 0 unspecified atom stereocenters. The lowest BCUT2D eigenvalue weighted by Crippen LogP contribution is -2.47. The summed E-state index contributed by atoms with van der Waals surface area (Å²) in [6.45, 7) is 4.23. The fraction of sp³-hybridized carbons (Fsp3) is 0.350. The normalized spacial score (nSPS) is 16.9. The summed E-state index contributed by atoms with van der Waals surface area (Å²) in [6, 6.07) is 12.4. The lowest BCUT2D eigenvalue weighted by atomic mass is 10.1. The third-order valence-electron chi connectivity index (χ3n) is 4.17. The minimum atomic E-state index is -0.222. The number of morpholine rings is 1. The minimum Gasteiger partial charge on any atom is -0.490 e. The summed E-state index contributed by atoms with van der Waals surface area (Å²) in [5, 5.41) is 0.789. The van der Waals surface area contributed by atoms with Crippen molar-refractivity contribution in [2.75, 3.05) is 32.9 Å². The Morgan fingerprint density at radius 2 is 1.89 bits per heavy atom. The van der Waals surface area contributed by atoms with Gasteiger partial charge in [-0.15, -0.1) is 0 Å². The molecule has 1 aliphatic heterocycles. The first-order valence-corrected chi connectivity index (χ1v) is 9.54. The average molecular weight is 410 g/mol. The summed E-state index contributed by atoms with van der Waals surface area (Å²) in [5.41, 5.74) is 0.507. The SMILES string of the molecule is CCOc1ccccc1OC[C@@H]1CN(C(=O)c2ccc(Cl)c(Cl)c2)CCO1. The van der Waals surface area contributed by atoms with E-state index in [9.17, 15) is 4.79 Å². The molecule has 1 atom stereocenters. The van der Waals surface area contributed by atoms with E-state index in [-0.39, 0.29) is 12.0 Å². The van der Waals surface area contributed by atoms with Crippen molar-refractivity contribution in [2.24, 2.45) is 0 Å². The van der Waals surface area contributed by atoms with Gasteiger partial charge < -0.3 is 19.1 Å². The molecule has 1 fully saturated rings. The molecule has 0 spiro atoms. The van der Waals surface area contributed by atoms with Gasteiger partial charge >= 0.3 is 0 Å². The second kappa shape index (κ2) is 9.31. The van der Waals surface area contributed by atoms with Crippen LogP contribution < -0.4 is 9.47 Å². The van der Waals surface area contributed by atoms with E-state index in [4.69, 9.17) is 37.4 Å². The Labute approximate surface area is 168 Å². The largest absolute Gasteiger partial charge is 0.490 e. The number of hydrogen-bond donors (Lipinski definition) is 0. The number of para-hydroxylation sites is 2. The molecule has 1 aliphatic rings. The van der Waals surface area contributed by atoms with Crippen LogP contribution in [0.2, 0.25) is 10.0 Å². The van der Waals surface area contributed by atoms with Crippen molar-refractivity contribution in [3.8, 4) is 11.5 Å². The van der Waals surface area contributed by atoms with Gasteiger partial charge in [0.1, 0.15) is 12.7 Å². The summed E-state index contributed by atoms with van der Waals surface area (Å²) in [5.74, 6) is 1.26. The molecule has 1 saturated heterocycles. The molecular formula is C20H21Cl2NO4. The van der Waals surface area contributed by atoms with Gasteiger partial charge in [-0.3, -0.25) is 4.79 Å². The summed E-state index contributed by atoms with van der Waals surface area (Å²) in [4.78, 5) is 14.5. The van der Waals surface area contributed by atoms with Gasteiger partial charge in [0.05, 0.1) is 29.8 Å². The molecule has 2 aromatic rings. The molecule has 0 aromatic heterocycles. The van der Waals surface area contributed by atoms with Crippen molar-refractivity contribution < 1.29 is 19.0 Å². The lowest BCUT2D eigenvalue weighted by Gasteiger charge is -2.33. The maximum atomic E-state index is 12.7. The molecule has 7 heteroatoms. The average Bonchev–Trinajstić information content (AvgIpc) is 2.69. The van der Waals surface area contributed by atoms with Crippen molar-refractivity contribution in [3.63, 3.8) is 0 Å². The number of nitrogens with zero attached hydrogens (tertiary/aromatic N) is 1. The van der Waals surface area contributed by atoms with Gasteiger partial charge in [0.2, 0.25) is 0 Å². The summed E-state index contributed by atoms with van der Waals surface area (Å²) in [6.07, 6.45) is -0.222. The van der Waals surface area contributed by atoms with Crippen molar-refractivity contribution in [2.45, 2.75) is 13.0 Å². The molecule has 2 aromatic carbocycles. The number of benzene rings is 2. The van der Waals surface area contributed by atoms with Gasteiger partial charge in [0.15, 0.2) is 11.5 Å². The van der Waals surface area contributed by atoms with Gasteiger partial charge in [-0.25, -0.2) is 0 Å². The Morgan fingerprint density at radius 3 is 2.59 bits per heavy atom. The number of amides is 1. The van der Waals surface area contributed by atoms with Crippen LogP contribution >= 0.6 is 23.2 Å². The van der Waals surface area contributed by atoms with E-state index < -0.39 is 0 Å². The highest BCUT2D eigenvalue weighted by molar-refractivity contribution is 6.42. The van der Waals surface area contributed by atoms with Crippen LogP contribution in [-0.2, 0) is 4.74 Å². The highest BCUT2D eigenvalue weighted by atomic mass is 35.5. The maximum Gasteiger partial charge on any atom is 0.254 e. The highest BCUT2D eigenvalue weighted by Crippen LogP contribution is 2.27. The molecule has 0 saturated carbocycles. The van der Waals surface area contributed by atoms with Gasteiger partial charge in [-0.1, -0.05) is 35.3 Å². The van der Waals surface area contributed by atoms with E-state index in [0.29, 0.717) is 60.0 Å². The van der Waals surface area contributed by atoms with Crippen LogP contribution in [0.3, 0.4) is 0 Å². The van der Waals surface area contributed by atoms with Gasteiger partial charge in [0.25, 0.3) is 5.91 Å². The molecule has 0 aliphatic carbocycles. The van der Waals surface area contributed by atoms with Crippen LogP contribution in [0.25, 0.3) is 0 Å². The molecule has 1 amide bonds. The smallest absolute Gasteiger partial charge is 0.254 e. The molecule has 0 radical (unpaired) electrons. The summed E-state index contributed by atoms with van der Waals surface area (Å²) < 4.78 is 17.2. The van der Waals surface area contributed by atoms with E-state index in [1.165, 1.54) is 0 Å². The Morgan fingerprint density at radius 1 is 1.15 bits per heavy atom. The first-order chi connectivity index (χ1) is 13.1. The molecule has 27 heavy (non-hydrogen) atoms. The third-order valence-corrected chi connectivity index (χ3v) is 4.91. The predicted octanol–water partition coefficient (Wildman–Crippen LogP) is 4.31. The molecule has 1 heterocycles. The monoisotopic (exact) mass is 409 g/mol. The summed E-state index contributed by atoms with van der Waals surface area (Å²) >= 11 is 11.9. The van der Waals surface area contributed by atoms with Crippen molar-refractivity contribution in [1.82, 2.24) is 4.90 Å². The van der Waals surface area contributed by atoms with E-state index in [2.05, 4.69) is 0 Å². The van der Waals surface area contributed by atoms with E-state index in [1.54, 1.807) is 23.1 Å². The first-order valence-electron chi connectivity index (χ1n) is 8.79. The number of carbonyl (C=O) groups excluding carboxylic acids is 1. The molecule has 3 rings (SSSR count). The Kier molecular flexibility index (Phi) is 6.83. The molecule has 144 valence electrons. The van der Waals surface area contributed by atoms with Gasteiger partial charge in [0, 0.05) is 12.1 Å². The number of halogens is 2. The van der Waals surface area contributed by atoms with Crippen LogP contribution in [0.15, 0.2) is 42.5 Å². The molecular weight excluding hydrogens is 389 g/mol. The quantitative estimate of drug-likeness (QED) is 0.712. The van der Waals surface area contributed by atoms with Crippen LogP contribution in [0.5, 0.6) is 11.5 Å². The van der Waals surface area contributed by atoms with Crippen LogP contribution in [0.4, 0.5) is 0 Å². The van der Waals surface area contributed by atoms with Crippen LogP contribution in [0, 0.1) is 0 Å². The lowest BCUT2D eigenvalue weighted by molar-refractivity contribution is -0.0404. The molecule has 0 bridgehead atoms. The second-order valence-corrected chi connectivity index (χ2v) is 6.88. The number of rotatable bonds is 6.